The van der Waals surface area contributed by atoms with Gasteiger partial charge in [-0.15, -0.1) is 23.5 Å². The molecule has 0 aromatic heterocycles. The fourth-order valence-corrected chi connectivity index (χ4v) is 5.03. The van der Waals surface area contributed by atoms with Crippen LogP contribution in [0.1, 0.15) is 0 Å². The van der Waals surface area contributed by atoms with E-state index in [1.54, 1.807) is 35.7 Å². The Morgan fingerprint density at radius 2 is 1.21 bits per heavy atom. The average Bonchev–Trinajstić information content (AvgIpc) is 2.67. The maximum absolute atomic E-state index is 12.6. The SMILES string of the molecule is CSc1ccc2c(c1)S(=O)(=O)c1cc(SC)ccc1-2. The third-order valence-electron chi connectivity index (χ3n) is 3.25. The highest BCUT2D eigenvalue weighted by atomic mass is 32.2. The summed E-state index contributed by atoms with van der Waals surface area (Å²) in [5, 5.41) is 0. The third kappa shape index (κ3) is 1.91. The van der Waals surface area contributed by atoms with Crippen molar-refractivity contribution >= 4 is 33.4 Å². The lowest BCUT2D eigenvalue weighted by atomic mass is 10.1. The van der Waals surface area contributed by atoms with Crippen LogP contribution in [-0.4, -0.2) is 20.9 Å². The van der Waals surface area contributed by atoms with Crippen LogP contribution >= 0.6 is 23.5 Å². The monoisotopic (exact) mass is 308 g/mol. The minimum atomic E-state index is -3.36. The normalized spacial score (nSPS) is 15.1. The molecule has 1 heterocycles. The van der Waals surface area contributed by atoms with Crippen molar-refractivity contribution in [3.05, 3.63) is 36.4 Å². The lowest BCUT2D eigenvalue weighted by Gasteiger charge is -2.01. The smallest absolute Gasteiger partial charge is 0.207 e. The summed E-state index contributed by atoms with van der Waals surface area (Å²) < 4.78 is 25.2. The lowest BCUT2D eigenvalue weighted by Crippen LogP contribution is -1.96. The van der Waals surface area contributed by atoms with Crippen LogP contribution < -0.4 is 0 Å². The van der Waals surface area contributed by atoms with Gasteiger partial charge >= 0.3 is 0 Å². The molecule has 0 aliphatic carbocycles. The van der Waals surface area contributed by atoms with Crippen molar-refractivity contribution in [2.45, 2.75) is 19.6 Å². The number of sulfone groups is 1. The number of rotatable bonds is 2. The minimum absolute atomic E-state index is 0.438. The zero-order valence-corrected chi connectivity index (χ0v) is 13.0. The zero-order chi connectivity index (χ0) is 13.6. The van der Waals surface area contributed by atoms with Crippen LogP contribution in [0, 0.1) is 0 Å². The van der Waals surface area contributed by atoms with E-state index in [4.69, 9.17) is 0 Å². The van der Waals surface area contributed by atoms with E-state index in [0.717, 1.165) is 20.9 Å². The first-order valence-corrected chi connectivity index (χ1v) is 9.63. The van der Waals surface area contributed by atoms with Gasteiger partial charge in [-0.3, -0.25) is 0 Å². The summed E-state index contributed by atoms with van der Waals surface area (Å²) in [7, 11) is -3.36. The number of thioether (sulfide) groups is 2. The van der Waals surface area contributed by atoms with Crippen LogP contribution in [0.3, 0.4) is 0 Å². The number of fused-ring (bicyclic) bond motifs is 3. The number of hydrogen-bond donors (Lipinski definition) is 0. The molecule has 98 valence electrons. The molecule has 1 aliphatic rings. The predicted octanol–water partition coefficient (Wildman–Crippen LogP) is 3.94. The first kappa shape index (κ1) is 13.1. The van der Waals surface area contributed by atoms with Gasteiger partial charge in [-0.05, 0) is 36.8 Å². The fourth-order valence-electron chi connectivity index (χ4n) is 2.27. The number of hydrogen-bond acceptors (Lipinski definition) is 4. The molecule has 3 rings (SSSR count). The van der Waals surface area contributed by atoms with Gasteiger partial charge in [0.1, 0.15) is 0 Å². The van der Waals surface area contributed by atoms with Crippen molar-refractivity contribution < 1.29 is 8.42 Å². The van der Waals surface area contributed by atoms with Crippen LogP contribution in [0.4, 0.5) is 0 Å². The van der Waals surface area contributed by atoms with Gasteiger partial charge in [-0.1, -0.05) is 12.1 Å². The van der Waals surface area contributed by atoms with E-state index in [9.17, 15) is 8.42 Å². The van der Waals surface area contributed by atoms with Crippen molar-refractivity contribution in [3.8, 4) is 11.1 Å². The molecule has 0 bridgehead atoms. The molecule has 0 saturated heterocycles. The van der Waals surface area contributed by atoms with Gasteiger partial charge in [0.25, 0.3) is 0 Å². The van der Waals surface area contributed by atoms with Crippen LogP contribution in [-0.2, 0) is 9.84 Å². The Kier molecular flexibility index (Phi) is 3.15. The Morgan fingerprint density at radius 1 is 0.789 bits per heavy atom. The van der Waals surface area contributed by atoms with Gasteiger partial charge in [0.15, 0.2) is 0 Å². The molecule has 0 unspecified atom stereocenters. The van der Waals surface area contributed by atoms with E-state index in [1.165, 1.54) is 0 Å². The fraction of sp³-hybridized carbons (Fsp3) is 0.143. The Hall–Kier alpha value is -0.910. The molecule has 1 aliphatic heterocycles. The maximum atomic E-state index is 12.6. The predicted molar refractivity (Wildman–Crippen MR) is 80.9 cm³/mol. The molecule has 2 nitrogen and oxygen atoms in total. The highest BCUT2D eigenvalue weighted by molar-refractivity contribution is 7.99. The molecule has 0 spiro atoms. The molecule has 0 atom stereocenters. The second kappa shape index (κ2) is 4.58. The molecule has 2 aromatic carbocycles. The maximum Gasteiger partial charge on any atom is 0.207 e. The summed E-state index contributed by atoms with van der Waals surface area (Å²) in [5.41, 5.74) is 1.64. The molecule has 0 saturated carbocycles. The standard InChI is InChI=1S/C14H12O2S3/c1-17-9-3-5-11-12-6-4-10(18-2)8-14(12)19(15,16)13(11)7-9/h3-8H,1-2H3. The summed E-state index contributed by atoms with van der Waals surface area (Å²) in [6, 6.07) is 11.3. The van der Waals surface area contributed by atoms with E-state index < -0.39 is 9.84 Å². The van der Waals surface area contributed by atoms with Gasteiger partial charge in [0, 0.05) is 20.9 Å². The third-order valence-corrected chi connectivity index (χ3v) is 6.53. The molecule has 0 amide bonds. The van der Waals surface area contributed by atoms with Crippen LogP contribution in [0.25, 0.3) is 11.1 Å². The summed E-state index contributed by atoms with van der Waals surface area (Å²) >= 11 is 3.11. The molecular weight excluding hydrogens is 296 g/mol. The molecular formula is C14H12O2S3. The van der Waals surface area contributed by atoms with Crippen molar-refractivity contribution in [1.82, 2.24) is 0 Å². The van der Waals surface area contributed by atoms with Gasteiger partial charge in [0.2, 0.25) is 9.84 Å². The second-order valence-electron chi connectivity index (χ2n) is 4.23. The van der Waals surface area contributed by atoms with E-state index in [2.05, 4.69) is 0 Å². The van der Waals surface area contributed by atoms with Crippen molar-refractivity contribution in [3.63, 3.8) is 0 Å². The van der Waals surface area contributed by atoms with E-state index >= 15 is 0 Å². The Labute approximate surface area is 121 Å². The Bertz CT molecular complexity index is 705. The summed E-state index contributed by atoms with van der Waals surface area (Å²) in [6.45, 7) is 0. The van der Waals surface area contributed by atoms with Crippen molar-refractivity contribution in [2.75, 3.05) is 12.5 Å². The molecule has 2 aromatic rings. The molecule has 5 heteroatoms. The van der Waals surface area contributed by atoms with Gasteiger partial charge in [-0.25, -0.2) is 8.42 Å². The topological polar surface area (TPSA) is 34.1 Å². The highest BCUT2D eigenvalue weighted by Crippen LogP contribution is 2.45. The van der Waals surface area contributed by atoms with Gasteiger partial charge in [0.05, 0.1) is 9.79 Å². The van der Waals surface area contributed by atoms with Gasteiger partial charge < -0.3 is 0 Å². The van der Waals surface area contributed by atoms with E-state index in [1.807, 2.05) is 36.8 Å². The minimum Gasteiger partial charge on any atom is -0.218 e. The van der Waals surface area contributed by atoms with E-state index in [0.29, 0.717) is 9.79 Å². The Morgan fingerprint density at radius 3 is 1.58 bits per heavy atom. The second-order valence-corrected chi connectivity index (χ2v) is 7.87. The summed E-state index contributed by atoms with van der Waals surface area (Å²) in [5.74, 6) is 0. The average molecular weight is 308 g/mol. The number of benzene rings is 2. The summed E-state index contributed by atoms with van der Waals surface area (Å²) in [6.07, 6.45) is 3.89. The van der Waals surface area contributed by atoms with Gasteiger partial charge in [-0.2, -0.15) is 0 Å². The van der Waals surface area contributed by atoms with Crippen molar-refractivity contribution in [1.29, 1.82) is 0 Å². The molecule has 0 N–H and O–H groups in total. The van der Waals surface area contributed by atoms with Crippen molar-refractivity contribution in [2.24, 2.45) is 0 Å². The Balaban J connectivity index is 2.32. The van der Waals surface area contributed by atoms with Crippen LogP contribution in [0.5, 0.6) is 0 Å². The molecule has 0 fully saturated rings. The lowest BCUT2D eigenvalue weighted by molar-refractivity contribution is 0.598. The highest BCUT2D eigenvalue weighted by Gasteiger charge is 2.33. The molecule has 19 heavy (non-hydrogen) atoms. The largest absolute Gasteiger partial charge is 0.218 e. The summed E-state index contributed by atoms with van der Waals surface area (Å²) in [4.78, 5) is 2.82. The van der Waals surface area contributed by atoms with Crippen LogP contribution in [0.15, 0.2) is 56.0 Å². The first-order valence-electron chi connectivity index (χ1n) is 5.69. The van der Waals surface area contributed by atoms with Crippen LogP contribution in [0.2, 0.25) is 0 Å². The quantitative estimate of drug-likeness (QED) is 0.672. The molecule has 0 radical (unpaired) electrons. The zero-order valence-electron chi connectivity index (χ0n) is 10.5. The first-order chi connectivity index (χ1) is 9.07. The van der Waals surface area contributed by atoms with E-state index in [-0.39, 0.29) is 0 Å².